The second-order valence-corrected chi connectivity index (χ2v) is 3.95. The number of hydrogen-bond donors (Lipinski definition) is 0. The van der Waals surface area contributed by atoms with Crippen molar-refractivity contribution in [2.75, 3.05) is 41.0 Å². The van der Waals surface area contributed by atoms with Crippen LogP contribution in [0.5, 0.6) is 0 Å². The summed E-state index contributed by atoms with van der Waals surface area (Å²) in [5, 5.41) is 0. The van der Waals surface area contributed by atoms with Crippen molar-refractivity contribution >= 4 is 17.8 Å². The molecule has 1 aliphatic heterocycles. The standard InChI is InChI=1S/C10H17N3O4/c1-11(5-4-6-17-3)7-13-9(15)8(14)12(2)10(13)16/h4-7H2,1-3H3. The summed E-state index contributed by atoms with van der Waals surface area (Å²) in [6.07, 6.45) is 0.799. The van der Waals surface area contributed by atoms with Gasteiger partial charge in [-0.3, -0.25) is 19.4 Å². The number of nitrogens with zero attached hydrogens (tertiary/aromatic N) is 3. The van der Waals surface area contributed by atoms with Crippen LogP contribution in [0.25, 0.3) is 0 Å². The highest BCUT2D eigenvalue weighted by Gasteiger charge is 2.42. The highest BCUT2D eigenvalue weighted by molar-refractivity contribution is 6.44. The average molecular weight is 243 g/mol. The third-order valence-electron chi connectivity index (χ3n) is 2.52. The number of ether oxygens (including phenoxy) is 1. The molecule has 17 heavy (non-hydrogen) atoms. The van der Waals surface area contributed by atoms with Gasteiger partial charge in [0.1, 0.15) is 0 Å². The molecule has 7 heteroatoms. The minimum atomic E-state index is -0.778. The first-order valence-electron chi connectivity index (χ1n) is 5.30. The lowest BCUT2D eigenvalue weighted by Gasteiger charge is -2.21. The number of urea groups is 1. The van der Waals surface area contributed by atoms with E-state index >= 15 is 0 Å². The molecule has 1 fully saturated rings. The van der Waals surface area contributed by atoms with E-state index in [4.69, 9.17) is 4.74 Å². The third kappa shape index (κ3) is 3.01. The Morgan fingerprint density at radius 1 is 1.24 bits per heavy atom. The molecular weight excluding hydrogens is 226 g/mol. The molecule has 1 rings (SSSR count). The van der Waals surface area contributed by atoms with E-state index in [0.717, 1.165) is 16.2 Å². The molecule has 0 aromatic rings. The van der Waals surface area contributed by atoms with Gasteiger partial charge < -0.3 is 4.74 Å². The van der Waals surface area contributed by atoms with Crippen LogP contribution in [0.4, 0.5) is 4.79 Å². The highest BCUT2D eigenvalue weighted by Crippen LogP contribution is 2.09. The summed E-state index contributed by atoms with van der Waals surface area (Å²) in [7, 11) is 4.69. The quantitative estimate of drug-likeness (QED) is 0.351. The van der Waals surface area contributed by atoms with Gasteiger partial charge in [-0.25, -0.2) is 9.69 Å². The summed E-state index contributed by atoms with van der Waals surface area (Å²) in [6, 6.07) is -0.571. The maximum atomic E-state index is 11.6. The molecule has 7 nitrogen and oxygen atoms in total. The number of hydrogen-bond acceptors (Lipinski definition) is 5. The summed E-state index contributed by atoms with van der Waals surface area (Å²) < 4.78 is 4.90. The SMILES string of the molecule is COCCCN(C)CN1C(=O)C(=O)N(C)C1=O. The number of likely N-dealkylation sites (N-methyl/N-ethyl adjacent to an activating group) is 1. The Balaban J connectivity index is 2.48. The number of rotatable bonds is 6. The van der Waals surface area contributed by atoms with Gasteiger partial charge in [0.15, 0.2) is 0 Å². The molecule has 1 heterocycles. The van der Waals surface area contributed by atoms with Crippen LogP contribution in [0.1, 0.15) is 6.42 Å². The lowest BCUT2D eigenvalue weighted by atomic mass is 10.4. The van der Waals surface area contributed by atoms with E-state index < -0.39 is 17.8 Å². The van der Waals surface area contributed by atoms with E-state index in [-0.39, 0.29) is 6.67 Å². The van der Waals surface area contributed by atoms with Crippen molar-refractivity contribution < 1.29 is 19.1 Å². The van der Waals surface area contributed by atoms with Gasteiger partial charge in [0.2, 0.25) is 0 Å². The molecule has 1 aliphatic rings. The molecule has 0 saturated carbocycles. The molecule has 0 bridgehead atoms. The molecule has 96 valence electrons. The Hall–Kier alpha value is -1.47. The Bertz CT molecular complexity index is 332. The molecule has 0 aromatic carbocycles. The van der Waals surface area contributed by atoms with Gasteiger partial charge >= 0.3 is 17.8 Å². The summed E-state index contributed by atoms with van der Waals surface area (Å²) in [5.41, 5.74) is 0. The van der Waals surface area contributed by atoms with Gasteiger partial charge in [-0.2, -0.15) is 0 Å². The third-order valence-corrected chi connectivity index (χ3v) is 2.52. The molecule has 1 saturated heterocycles. The maximum Gasteiger partial charge on any atom is 0.335 e. The zero-order chi connectivity index (χ0) is 13.0. The molecule has 0 unspecified atom stereocenters. The van der Waals surface area contributed by atoms with Crippen LogP contribution in [-0.2, 0) is 14.3 Å². The number of carbonyl (C=O) groups excluding carboxylic acids is 3. The predicted octanol–water partition coefficient (Wildman–Crippen LogP) is -0.667. The lowest BCUT2D eigenvalue weighted by molar-refractivity contribution is -0.143. The topological polar surface area (TPSA) is 70.2 Å². The number of carbonyl (C=O) groups is 3. The first kappa shape index (κ1) is 13.6. The minimum Gasteiger partial charge on any atom is -0.385 e. The second-order valence-electron chi connectivity index (χ2n) is 3.95. The van der Waals surface area contributed by atoms with Crippen molar-refractivity contribution in [1.82, 2.24) is 14.7 Å². The van der Waals surface area contributed by atoms with Crippen LogP contribution in [-0.4, -0.2) is 73.6 Å². The molecule has 4 amide bonds. The Labute approximate surface area is 99.9 Å². The summed E-state index contributed by atoms with van der Waals surface area (Å²) in [5.74, 6) is -1.55. The monoisotopic (exact) mass is 243 g/mol. The van der Waals surface area contributed by atoms with Crippen molar-refractivity contribution in [3.63, 3.8) is 0 Å². The van der Waals surface area contributed by atoms with Gasteiger partial charge in [0.05, 0.1) is 6.67 Å². The van der Waals surface area contributed by atoms with Crippen LogP contribution in [0, 0.1) is 0 Å². The van der Waals surface area contributed by atoms with E-state index in [1.54, 1.807) is 19.1 Å². The van der Waals surface area contributed by atoms with Gasteiger partial charge in [-0.15, -0.1) is 0 Å². The fourth-order valence-electron chi connectivity index (χ4n) is 1.53. The summed E-state index contributed by atoms with van der Waals surface area (Å²) in [4.78, 5) is 37.8. The van der Waals surface area contributed by atoms with Gasteiger partial charge in [0.25, 0.3) is 0 Å². The first-order chi connectivity index (χ1) is 7.99. The maximum absolute atomic E-state index is 11.6. The number of amides is 4. The smallest absolute Gasteiger partial charge is 0.335 e. The van der Waals surface area contributed by atoms with Crippen molar-refractivity contribution in [2.45, 2.75) is 6.42 Å². The van der Waals surface area contributed by atoms with E-state index in [1.165, 1.54) is 7.05 Å². The van der Waals surface area contributed by atoms with Crippen LogP contribution in [0.2, 0.25) is 0 Å². The van der Waals surface area contributed by atoms with Crippen LogP contribution < -0.4 is 0 Å². The van der Waals surface area contributed by atoms with Crippen molar-refractivity contribution in [2.24, 2.45) is 0 Å². The lowest BCUT2D eigenvalue weighted by Crippen LogP contribution is -2.40. The van der Waals surface area contributed by atoms with E-state index in [1.807, 2.05) is 0 Å². The summed E-state index contributed by atoms with van der Waals surface area (Å²) >= 11 is 0. The zero-order valence-electron chi connectivity index (χ0n) is 10.3. The zero-order valence-corrected chi connectivity index (χ0v) is 10.3. The van der Waals surface area contributed by atoms with E-state index in [0.29, 0.717) is 13.2 Å². The Morgan fingerprint density at radius 2 is 1.88 bits per heavy atom. The average Bonchev–Trinajstić information content (AvgIpc) is 2.47. The van der Waals surface area contributed by atoms with Crippen molar-refractivity contribution in [3.8, 4) is 0 Å². The first-order valence-corrected chi connectivity index (χ1v) is 5.30. The molecule has 0 spiro atoms. The normalized spacial score (nSPS) is 16.6. The molecule has 0 atom stereocenters. The fraction of sp³-hybridized carbons (Fsp3) is 0.700. The molecule has 0 N–H and O–H groups in total. The van der Waals surface area contributed by atoms with Crippen molar-refractivity contribution in [1.29, 1.82) is 0 Å². The minimum absolute atomic E-state index is 0.122. The fourth-order valence-corrected chi connectivity index (χ4v) is 1.53. The number of imide groups is 2. The van der Waals surface area contributed by atoms with Crippen LogP contribution in [0.15, 0.2) is 0 Å². The Morgan fingerprint density at radius 3 is 2.35 bits per heavy atom. The predicted molar refractivity (Wildman–Crippen MR) is 59.0 cm³/mol. The number of methoxy groups -OCH3 is 1. The molecular formula is C10H17N3O4. The van der Waals surface area contributed by atoms with E-state index in [2.05, 4.69) is 0 Å². The summed E-state index contributed by atoms with van der Waals surface area (Å²) in [6.45, 7) is 1.42. The molecule has 0 radical (unpaired) electrons. The molecule has 0 aliphatic carbocycles. The van der Waals surface area contributed by atoms with Gasteiger partial charge in [0, 0.05) is 27.3 Å². The van der Waals surface area contributed by atoms with Crippen LogP contribution in [0.3, 0.4) is 0 Å². The Kier molecular flexibility index (Phi) is 4.59. The van der Waals surface area contributed by atoms with Crippen molar-refractivity contribution in [3.05, 3.63) is 0 Å². The van der Waals surface area contributed by atoms with Crippen LogP contribution >= 0.6 is 0 Å². The van der Waals surface area contributed by atoms with Gasteiger partial charge in [-0.1, -0.05) is 0 Å². The van der Waals surface area contributed by atoms with E-state index in [9.17, 15) is 14.4 Å². The highest BCUT2D eigenvalue weighted by atomic mass is 16.5. The largest absolute Gasteiger partial charge is 0.385 e. The second kappa shape index (κ2) is 5.74. The molecule has 0 aromatic heterocycles. The van der Waals surface area contributed by atoms with Gasteiger partial charge in [-0.05, 0) is 13.5 Å².